The van der Waals surface area contributed by atoms with E-state index in [2.05, 4.69) is 0 Å². The molecule has 0 aliphatic heterocycles. The van der Waals surface area contributed by atoms with Gasteiger partial charge in [-0.3, -0.25) is 9.36 Å². The molecule has 0 amide bonds. The number of hydrogen-bond acceptors (Lipinski definition) is 4. The molecule has 2 atom stereocenters. The van der Waals surface area contributed by atoms with Crippen LogP contribution in [0.2, 0.25) is 0 Å². The molecule has 0 aromatic rings. The lowest BCUT2D eigenvalue weighted by Crippen LogP contribution is -2.30. The van der Waals surface area contributed by atoms with E-state index in [0.717, 1.165) is 6.42 Å². The third-order valence-corrected chi connectivity index (χ3v) is 5.40. The molecular weight excluding hydrogens is 227 g/mol. The average molecular weight is 248 g/mol. The second-order valence-corrected chi connectivity index (χ2v) is 6.46. The molecule has 1 rings (SSSR count). The van der Waals surface area contributed by atoms with Crippen LogP contribution < -0.4 is 0 Å². The van der Waals surface area contributed by atoms with Crippen molar-refractivity contribution in [1.82, 2.24) is 0 Å². The van der Waals surface area contributed by atoms with E-state index in [4.69, 9.17) is 9.05 Å². The van der Waals surface area contributed by atoms with Crippen LogP contribution in [0.25, 0.3) is 0 Å². The fraction of sp³-hybridized carbons (Fsp3) is 0.909. The number of ketones is 1. The van der Waals surface area contributed by atoms with Gasteiger partial charge in [-0.1, -0.05) is 6.92 Å². The summed E-state index contributed by atoms with van der Waals surface area (Å²) in [5, 5.41) is 0. The van der Waals surface area contributed by atoms with Crippen LogP contribution in [0.4, 0.5) is 0 Å². The van der Waals surface area contributed by atoms with Crippen molar-refractivity contribution in [3.8, 4) is 0 Å². The van der Waals surface area contributed by atoms with Gasteiger partial charge >= 0.3 is 7.60 Å². The van der Waals surface area contributed by atoms with E-state index in [9.17, 15) is 9.36 Å². The summed E-state index contributed by atoms with van der Waals surface area (Å²) in [5.74, 6) is 0.421. The number of carbonyl (C=O) groups excluding carboxylic acids is 1. The molecule has 16 heavy (non-hydrogen) atoms. The lowest BCUT2D eigenvalue weighted by Gasteiger charge is -2.30. The second-order valence-electron chi connectivity index (χ2n) is 4.24. The molecular formula is C11H21O4P. The Morgan fingerprint density at radius 1 is 1.25 bits per heavy atom. The minimum Gasteiger partial charge on any atom is -0.308 e. The predicted molar refractivity (Wildman–Crippen MR) is 62.7 cm³/mol. The van der Waals surface area contributed by atoms with E-state index in [1.807, 2.05) is 6.92 Å². The molecule has 4 nitrogen and oxygen atoms in total. The Kier molecular flexibility index (Phi) is 5.16. The van der Waals surface area contributed by atoms with Gasteiger partial charge in [-0.25, -0.2) is 0 Å². The molecule has 0 radical (unpaired) electrons. The Hall–Kier alpha value is -0.180. The van der Waals surface area contributed by atoms with Crippen LogP contribution in [0.3, 0.4) is 0 Å². The highest BCUT2D eigenvalue weighted by atomic mass is 31.2. The molecule has 0 saturated heterocycles. The summed E-state index contributed by atoms with van der Waals surface area (Å²) in [4.78, 5) is 11.9. The summed E-state index contributed by atoms with van der Waals surface area (Å²) in [6.45, 7) is 6.21. The molecule has 1 saturated carbocycles. The van der Waals surface area contributed by atoms with Crippen LogP contribution in [0.15, 0.2) is 0 Å². The first-order valence-electron chi connectivity index (χ1n) is 5.95. The van der Waals surface area contributed by atoms with Gasteiger partial charge in [-0.05, 0) is 32.6 Å². The normalized spacial score (nSPS) is 27.1. The molecule has 1 aliphatic carbocycles. The van der Waals surface area contributed by atoms with E-state index < -0.39 is 13.3 Å². The second kappa shape index (κ2) is 5.95. The van der Waals surface area contributed by atoms with Crippen LogP contribution in [0.5, 0.6) is 0 Å². The van der Waals surface area contributed by atoms with Crippen molar-refractivity contribution < 1.29 is 18.4 Å². The monoisotopic (exact) mass is 248 g/mol. The number of hydrogen-bond donors (Lipinski definition) is 0. The lowest BCUT2D eigenvalue weighted by atomic mass is 9.89. The van der Waals surface area contributed by atoms with Gasteiger partial charge in [-0.2, -0.15) is 0 Å². The van der Waals surface area contributed by atoms with Crippen molar-refractivity contribution in [2.24, 2.45) is 5.92 Å². The van der Waals surface area contributed by atoms with E-state index >= 15 is 0 Å². The first-order valence-corrected chi connectivity index (χ1v) is 7.56. The van der Waals surface area contributed by atoms with Crippen molar-refractivity contribution in [1.29, 1.82) is 0 Å². The quantitative estimate of drug-likeness (QED) is 0.702. The fourth-order valence-electron chi connectivity index (χ4n) is 2.10. The van der Waals surface area contributed by atoms with E-state index in [1.165, 1.54) is 0 Å². The van der Waals surface area contributed by atoms with Crippen molar-refractivity contribution >= 4 is 13.4 Å². The van der Waals surface area contributed by atoms with Crippen LogP contribution in [0.1, 0.15) is 40.0 Å². The number of carbonyl (C=O) groups is 1. The van der Waals surface area contributed by atoms with Gasteiger partial charge < -0.3 is 9.05 Å². The zero-order chi connectivity index (χ0) is 12.2. The molecule has 5 heteroatoms. The van der Waals surface area contributed by atoms with Crippen LogP contribution in [-0.2, 0) is 18.4 Å². The van der Waals surface area contributed by atoms with Crippen molar-refractivity contribution in [3.05, 3.63) is 0 Å². The molecule has 94 valence electrons. The summed E-state index contributed by atoms with van der Waals surface area (Å²) in [6, 6.07) is 0. The van der Waals surface area contributed by atoms with Gasteiger partial charge in [0, 0.05) is 6.42 Å². The first kappa shape index (κ1) is 13.9. The largest absolute Gasteiger partial charge is 0.341 e. The van der Waals surface area contributed by atoms with Crippen LogP contribution >= 0.6 is 7.60 Å². The summed E-state index contributed by atoms with van der Waals surface area (Å²) in [7, 11) is -3.23. The van der Waals surface area contributed by atoms with E-state index in [0.29, 0.717) is 32.0 Å². The molecule has 0 aromatic carbocycles. The summed E-state index contributed by atoms with van der Waals surface area (Å²) >= 11 is 0. The first-order chi connectivity index (χ1) is 7.53. The summed E-state index contributed by atoms with van der Waals surface area (Å²) in [6.07, 6.45) is 2.03. The Morgan fingerprint density at radius 2 is 1.81 bits per heavy atom. The highest BCUT2D eigenvalue weighted by Crippen LogP contribution is 2.56. The Bertz CT molecular complexity index is 280. The standard InChI is InChI=1S/C11H21O4P/c1-4-14-16(13,15-5-2)11-7-6-9(3)8-10(11)12/h9,11H,4-8H2,1-3H3. The SMILES string of the molecule is CCOP(=O)(OCC)C1CCC(C)CC1=O. The Morgan fingerprint density at radius 3 is 2.25 bits per heavy atom. The van der Waals surface area contributed by atoms with Gasteiger partial charge in [0.05, 0.1) is 13.2 Å². The molecule has 0 aromatic heterocycles. The molecule has 0 spiro atoms. The maximum Gasteiger partial charge on any atom is 0.341 e. The number of rotatable bonds is 5. The van der Waals surface area contributed by atoms with Gasteiger partial charge in [0.2, 0.25) is 0 Å². The smallest absolute Gasteiger partial charge is 0.308 e. The predicted octanol–water partition coefficient (Wildman–Crippen LogP) is 3.01. The van der Waals surface area contributed by atoms with Crippen molar-refractivity contribution in [3.63, 3.8) is 0 Å². The fourth-order valence-corrected chi connectivity index (χ4v) is 4.17. The molecule has 1 aliphatic rings. The number of Topliss-reactive ketones (excluding diaryl/α,β-unsaturated/α-hetero) is 1. The highest BCUT2D eigenvalue weighted by molar-refractivity contribution is 7.55. The van der Waals surface area contributed by atoms with Gasteiger partial charge in [-0.15, -0.1) is 0 Å². The van der Waals surface area contributed by atoms with Crippen LogP contribution in [0, 0.1) is 5.92 Å². The Balaban J connectivity index is 2.78. The average Bonchev–Trinajstić information content (AvgIpc) is 2.17. The Labute approximate surface area is 97.2 Å². The van der Waals surface area contributed by atoms with Crippen LogP contribution in [-0.4, -0.2) is 24.7 Å². The minimum atomic E-state index is -3.23. The molecule has 0 bridgehead atoms. The van der Waals surface area contributed by atoms with Gasteiger partial charge in [0.1, 0.15) is 11.4 Å². The zero-order valence-electron chi connectivity index (χ0n) is 10.3. The van der Waals surface area contributed by atoms with Crippen molar-refractivity contribution in [2.45, 2.75) is 45.7 Å². The molecule has 0 heterocycles. The maximum atomic E-state index is 12.4. The molecule has 0 N–H and O–H groups in total. The van der Waals surface area contributed by atoms with E-state index in [1.54, 1.807) is 13.8 Å². The zero-order valence-corrected chi connectivity index (χ0v) is 11.2. The highest BCUT2D eigenvalue weighted by Gasteiger charge is 2.42. The summed E-state index contributed by atoms with van der Waals surface area (Å²) in [5.41, 5.74) is -0.538. The third kappa shape index (κ3) is 3.16. The topological polar surface area (TPSA) is 52.6 Å². The molecule has 1 fully saturated rings. The minimum absolute atomic E-state index is 0.0315. The molecule has 2 unspecified atom stereocenters. The van der Waals surface area contributed by atoms with Crippen molar-refractivity contribution in [2.75, 3.05) is 13.2 Å². The van der Waals surface area contributed by atoms with Gasteiger partial charge in [0.25, 0.3) is 0 Å². The van der Waals surface area contributed by atoms with E-state index in [-0.39, 0.29) is 5.78 Å². The lowest BCUT2D eigenvalue weighted by molar-refractivity contribution is -0.121. The summed E-state index contributed by atoms with van der Waals surface area (Å²) < 4.78 is 22.9. The maximum absolute atomic E-state index is 12.4. The third-order valence-electron chi connectivity index (χ3n) is 2.85. The van der Waals surface area contributed by atoms with Gasteiger partial charge in [0.15, 0.2) is 0 Å².